The molecule has 1 aromatic heterocycles. The molecule has 0 amide bonds. The average molecular weight is 289 g/mol. The Bertz CT molecular complexity index is 487. The molecule has 5 heteroatoms. The maximum absolute atomic E-state index is 5.53. The summed E-state index contributed by atoms with van der Waals surface area (Å²) in [5.41, 5.74) is 7.71. The number of benzene rings is 1. The van der Waals surface area contributed by atoms with Gasteiger partial charge in [0.25, 0.3) is 0 Å². The standard InChI is InChI=1S/C12H12AsN3O/c13-11-5-6-15-12(16-11)17-8-10-3-1-9(7-14)2-4-10/h1-6H,7-8,14H2. The first kappa shape index (κ1) is 12.1. The molecule has 0 bridgehead atoms. The third-order valence-electron chi connectivity index (χ3n) is 2.25. The number of nitrogens with two attached hydrogens (primary N) is 1. The summed E-state index contributed by atoms with van der Waals surface area (Å²) in [6.45, 7) is 1.02. The zero-order valence-electron chi connectivity index (χ0n) is 9.21. The molecule has 1 heterocycles. The van der Waals surface area contributed by atoms with Gasteiger partial charge in [0.2, 0.25) is 0 Å². The second-order valence-corrected chi connectivity index (χ2v) is 4.47. The number of hydrogen-bond acceptors (Lipinski definition) is 4. The molecule has 86 valence electrons. The van der Waals surface area contributed by atoms with Crippen LogP contribution in [0.25, 0.3) is 0 Å². The van der Waals surface area contributed by atoms with Crippen molar-refractivity contribution in [3.8, 4) is 6.01 Å². The Balaban J connectivity index is 1.97. The van der Waals surface area contributed by atoms with E-state index in [1.807, 2.05) is 30.3 Å². The van der Waals surface area contributed by atoms with E-state index in [0.717, 1.165) is 15.6 Å². The van der Waals surface area contributed by atoms with Crippen LogP contribution in [0.3, 0.4) is 0 Å². The van der Waals surface area contributed by atoms with Gasteiger partial charge in [-0.2, -0.15) is 0 Å². The molecule has 0 saturated carbocycles. The quantitative estimate of drug-likeness (QED) is 0.823. The topological polar surface area (TPSA) is 61.0 Å². The Morgan fingerprint density at radius 2 is 1.82 bits per heavy atom. The predicted octanol–water partition coefficient (Wildman–Crippen LogP) is 0.308. The van der Waals surface area contributed by atoms with E-state index in [9.17, 15) is 0 Å². The number of nitrogens with zero attached hydrogens (tertiary/aromatic N) is 2. The Morgan fingerprint density at radius 1 is 1.12 bits per heavy atom. The maximum atomic E-state index is 5.53. The molecule has 0 atom stereocenters. The van der Waals surface area contributed by atoms with E-state index in [2.05, 4.69) is 26.8 Å². The van der Waals surface area contributed by atoms with Crippen LogP contribution < -0.4 is 15.0 Å². The van der Waals surface area contributed by atoms with Crippen LogP contribution in [-0.4, -0.2) is 26.8 Å². The number of hydrogen-bond donors (Lipinski definition) is 1. The van der Waals surface area contributed by atoms with Gasteiger partial charge >= 0.3 is 109 Å². The van der Waals surface area contributed by atoms with Gasteiger partial charge in [0.15, 0.2) is 0 Å². The Kier molecular flexibility index (Phi) is 4.12. The summed E-state index contributed by atoms with van der Waals surface area (Å²) in [6, 6.07) is 10.2. The molecule has 0 aliphatic rings. The zero-order chi connectivity index (χ0) is 12.1. The zero-order valence-corrected chi connectivity index (χ0v) is 11.1. The van der Waals surface area contributed by atoms with Crippen molar-refractivity contribution in [3.05, 3.63) is 47.7 Å². The van der Waals surface area contributed by atoms with E-state index < -0.39 is 0 Å². The summed E-state index contributed by atoms with van der Waals surface area (Å²) in [4.78, 5) is 8.17. The molecule has 17 heavy (non-hydrogen) atoms. The van der Waals surface area contributed by atoms with Gasteiger partial charge in [-0.15, -0.1) is 0 Å². The molecule has 2 N–H and O–H groups in total. The first-order valence-electron chi connectivity index (χ1n) is 5.20. The summed E-state index contributed by atoms with van der Waals surface area (Å²) in [7, 11) is 0. The fourth-order valence-corrected chi connectivity index (χ4v) is 1.64. The summed E-state index contributed by atoms with van der Waals surface area (Å²) >= 11 is 2.36. The molecule has 2 aromatic rings. The van der Waals surface area contributed by atoms with Crippen LogP contribution in [-0.2, 0) is 13.2 Å². The van der Waals surface area contributed by atoms with Crippen molar-refractivity contribution in [1.82, 2.24) is 9.97 Å². The Morgan fingerprint density at radius 3 is 2.47 bits per heavy atom. The van der Waals surface area contributed by atoms with E-state index in [0.29, 0.717) is 19.2 Å². The number of aromatic nitrogens is 2. The molecule has 0 spiro atoms. The van der Waals surface area contributed by atoms with Crippen LogP contribution in [0.5, 0.6) is 6.01 Å². The van der Waals surface area contributed by atoms with Gasteiger partial charge in [-0.3, -0.25) is 0 Å². The van der Waals surface area contributed by atoms with Crippen LogP contribution in [0.2, 0.25) is 0 Å². The molecule has 1 aromatic carbocycles. The molecule has 2 radical (unpaired) electrons. The van der Waals surface area contributed by atoms with E-state index in [-0.39, 0.29) is 0 Å². The summed E-state index contributed by atoms with van der Waals surface area (Å²) in [5, 5.41) is 0. The fraction of sp³-hybridized carbons (Fsp3) is 0.167. The van der Waals surface area contributed by atoms with Crippen molar-refractivity contribution in [2.24, 2.45) is 5.73 Å². The third kappa shape index (κ3) is 3.55. The van der Waals surface area contributed by atoms with Gasteiger partial charge in [0.05, 0.1) is 0 Å². The van der Waals surface area contributed by atoms with Crippen LogP contribution in [0.1, 0.15) is 11.1 Å². The van der Waals surface area contributed by atoms with E-state index >= 15 is 0 Å². The molecule has 4 nitrogen and oxygen atoms in total. The molecule has 2 rings (SSSR count). The Hall–Kier alpha value is -1.38. The molecule has 0 aliphatic carbocycles. The number of ether oxygens (including phenoxy) is 1. The summed E-state index contributed by atoms with van der Waals surface area (Å²) < 4.78 is 6.32. The van der Waals surface area contributed by atoms with E-state index in [1.54, 1.807) is 6.20 Å². The molecule has 0 saturated heterocycles. The third-order valence-corrected chi connectivity index (χ3v) is 2.77. The first-order chi connectivity index (χ1) is 8.28. The minimum atomic E-state index is 0.394. The van der Waals surface area contributed by atoms with Crippen molar-refractivity contribution in [2.75, 3.05) is 0 Å². The average Bonchev–Trinajstić information content (AvgIpc) is 2.37. The van der Waals surface area contributed by atoms with Crippen molar-refractivity contribution in [2.45, 2.75) is 13.2 Å². The van der Waals surface area contributed by atoms with E-state index in [4.69, 9.17) is 10.5 Å². The van der Waals surface area contributed by atoms with Crippen LogP contribution >= 0.6 is 0 Å². The normalized spacial score (nSPS) is 10.2. The monoisotopic (exact) mass is 289 g/mol. The fourth-order valence-electron chi connectivity index (χ4n) is 1.32. The molecular weight excluding hydrogens is 277 g/mol. The van der Waals surface area contributed by atoms with Gasteiger partial charge in [-0.25, -0.2) is 0 Å². The summed E-state index contributed by atoms with van der Waals surface area (Å²) in [6.07, 6.45) is 1.67. The van der Waals surface area contributed by atoms with Crippen molar-refractivity contribution in [3.63, 3.8) is 0 Å². The molecule has 0 unspecified atom stereocenters. The van der Waals surface area contributed by atoms with Gasteiger partial charge in [0.1, 0.15) is 0 Å². The minimum absolute atomic E-state index is 0.394. The Labute approximate surface area is 109 Å². The van der Waals surface area contributed by atoms with Crippen molar-refractivity contribution in [1.29, 1.82) is 0 Å². The number of rotatable bonds is 4. The van der Waals surface area contributed by atoms with Crippen molar-refractivity contribution < 1.29 is 4.74 Å². The second kappa shape index (κ2) is 5.80. The van der Waals surface area contributed by atoms with Crippen LogP contribution in [0.15, 0.2) is 36.5 Å². The predicted molar refractivity (Wildman–Crippen MR) is 66.1 cm³/mol. The molecule has 0 fully saturated rings. The first-order valence-corrected chi connectivity index (χ1v) is 6.14. The SMILES string of the molecule is NCc1ccc(COc2nccc([As])n2)cc1. The van der Waals surface area contributed by atoms with Gasteiger partial charge in [-0.1, -0.05) is 0 Å². The second-order valence-electron chi connectivity index (χ2n) is 3.51. The van der Waals surface area contributed by atoms with Gasteiger partial charge in [0, 0.05) is 0 Å². The van der Waals surface area contributed by atoms with Gasteiger partial charge < -0.3 is 0 Å². The van der Waals surface area contributed by atoms with Gasteiger partial charge in [-0.05, 0) is 0 Å². The van der Waals surface area contributed by atoms with Crippen molar-refractivity contribution >= 4 is 21.3 Å². The molecular formula is C12H12AsN3O. The summed E-state index contributed by atoms with van der Waals surface area (Å²) in [5.74, 6) is 0. The van der Waals surface area contributed by atoms with E-state index in [1.165, 1.54) is 0 Å². The van der Waals surface area contributed by atoms with Crippen LogP contribution in [0.4, 0.5) is 0 Å². The molecule has 0 aliphatic heterocycles. The van der Waals surface area contributed by atoms with Crippen LogP contribution in [0, 0.1) is 0 Å².